The van der Waals surface area contributed by atoms with Crippen LogP contribution in [0.1, 0.15) is 12.8 Å². The van der Waals surface area contributed by atoms with Crippen LogP contribution in [-0.2, 0) is 0 Å². The molecule has 0 radical (unpaired) electrons. The third-order valence-electron chi connectivity index (χ3n) is 1.57. The van der Waals surface area contributed by atoms with E-state index in [0.29, 0.717) is 0 Å². The minimum Gasteiger partial charge on any atom is -0.465 e. The van der Waals surface area contributed by atoms with E-state index in [2.05, 4.69) is 17.5 Å². The molecule has 1 fully saturated rings. The molecule has 4 nitrogen and oxygen atoms in total. The van der Waals surface area contributed by atoms with Crippen molar-refractivity contribution in [2.45, 2.75) is 18.4 Å². The van der Waals surface area contributed by atoms with Gasteiger partial charge in [0.1, 0.15) is 0 Å². The number of thiocarbonyl (C=S) groups is 1. The molecule has 56 valence electrons. The van der Waals surface area contributed by atoms with Gasteiger partial charge in [0.2, 0.25) is 0 Å². The highest BCUT2D eigenvalue weighted by atomic mass is 32.1. The van der Waals surface area contributed by atoms with Gasteiger partial charge in [-0.1, -0.05) is 12.2 Å². The molecule has 5 heteroatoms. The Bertz CT molecular complexity index is 188. The van der Waals surface area contributed by atoms with E-state index in [1.807, 2.05) is 0 Å². The summed E-state index contributed by atoms with van der Waals surface area (Å²) in [5.74, 6) is 0. The summed E-state index contributed by atoms with van der Waals surface area (Å²) in [6, 6.07) is 0. The molecule has 0 aromatic heterocycles. The van der Waals surface area contributed by atoms with Gasteiger partial charge >= 0.3 is 6.09 Å². The third-order valence-corrected chi connectivity index (χ3v) is 1.96. The summed E-state index contributed by atoms with van der Waals surface area (Å²) >= 11 is 4.66. The topological polar surface area (TPSA) is 75.3 Å². The predicted molar refractivity (Wildman–Crippen MR) is 39.9 cm³/mol. The van der Waals surface area contributed by atoms with Gasteiger partial charge in [-0.15, -0.1) is 0 Å². The molecule has 0 spiro atoms. The summed E-state index contributed by atoms with van der Waals surface area (Å²) in [6.07, 6.45) is 0.397. The van der Waals surface area contributed by atoms with E-state index in [-0.39, 0.29) is 4.99 Å². The quantitative estimate of drug-likeness (QED) is 0.500. The van der Waals surface area contributed by atoms with Crippen LogP contribution in [0.2, 0.25) is 0 Å². The highest BCUT2D eigenvalue weighted by Gasteiger charge is 2.47. The molecule has 0 aromatic rings. The van der Waals surface area contributed by atoms with Gasteiger partial charge in [-0.3, -0.25) is 0 Å². The highest BCUT2D eigenvalue weighted by molar-refractivity contribution is 7.80. The van der Waals surface area contributed by atoms with Crippen molar-refractivity contribution in [2.24, 2.45) is 5.73 Å². The standard InChI is InChI=1S/C5H8N2O2S/c6-3(10)5(1-2-5)7-4(8)9/h7H,1-2H2,(H2,6,10)(H,8,9). The molecule has 1 aliphatic rings. The smallest absolute Gasteiger partial charge is 0.405 e. The second kappa shape index (κ2) is 2.09. The number of carboxylic acid groups (broad SMARTS) is 1. The molecule has 4 N–H and O–H groups in total. The van der Waals surface area contributed by atoms with Crippen LogP contribution < -0.4 is 11.1 Å². The molecule has 1 amide bonds. The van der Waals surface area contributed by atoms with Gasteiger partial charge in [0.25, 0.3) is 0 Å². The van der Waals surface area contributed by atoms with E-state index in [9.17, 15) is 4.79 Å². The van der Waals surface area contributed by atoms with Crippen LogP contribution >= 0.6 is 12.2 Å². The van der Waals surface area contributed by atoms with Crippen molar-refractivity contribution in [1.29, 1.82) is 0 Å². The molecule has 10 heavy (non-hydrogen) atoms. The number of carbonyl (C=O) groups is 1. The van der Waals surface area contributed by atoms with Gasteiger partial charge in [-0.2, -0.15) is 0 Å². The Hall–Kier alpha value is -0.840. The van der Waals surface area contributed by atoms with E-state index < -0.39 is 11.6 Å². The zero-order valence-corrected chi connectivity index (χ0v) is 6.07. The van der Waals surface area contributed by atoms with Crippen LogP contribution in [0.15, 0.2) is 0 Å². The average Bonchev–Trinajstić information content (AvgIpc) is 2.46. The maximum absolute atomic E-state index is 10.1. The molecule has 1 rings (SSSR count). The second-order valence-electron chi connectivity index (χ2n) is 2.38. The summed E-state index contributed by atoms with van der Waals surface area (Å²) in [5, 5.41) is 10.6. The Morgan fingerprint density at radius 3 is 2.30 bits per heavy atom. The Labute approximate surface area is 63.4 Å². The van der Waals surface area contributed by atoms with E-state index in [1.165, 1.54) is 0 Å². The van der Waals surface area contributed by atoms with Crippen LogP contribution in [0, 0.1) is 0 Å². The summed E-state index contributed by atoms with van der Waals surface area (Å²) in [5.41, 5.74) is 4.72. The lowest BCUT2D eigenvalue weighted by Crippen LogP contribution is -2.45. The van der Waals surface area contributed by atoms with Crippen LogP contribution in [0.4, 0.5) is 4.79 Å². The van der Waals surface area contributed by atoms with Crippen LogP contribution in [0.25, 0.3) is 0 Å². The maximum Gasteiger partial charge on any atom is 0.405 e. The van der Waals surface area contributed by atoms with Gasteiger partial charge in [0, 0.05) is 0 Å². The number of hydrogen-bond acceptors (Lipinski definition) is 2. The molecule has 0 aliphatic heterocycles. The van der Waals surface area contributed by atoms with Crippen molar-refractivity contribution in [2.75, 3.05) is 0 Å². The van der Waals surface area contributed by atoms with Gasteiger partial charge in [0.05, 0.1) is 10.5 Å². The summed E-state index contributed by atoms with van der Waals surface area (Å²) < 4.78 is 0. The van der Waals surface area contributed by atoms with Crippen LogP contribution in [0.3, 0.4) is 0 Å². The fourth-order valence-electron chi connectivity index (χ4n) is 0.763. The summed E-state index contributed by atoms with van der Waals surface area (Å²) in [7, 11) is 0. The van der Waals surface area contributed by atoms with Crippen molar-refractivity contribution in [3.05, 3.63) is 0 Å². The highest BCUT2D eigenvalue weighted by Crippen LogP contribution is 2.35. The van der Waals surface area contributed by atoms with Crippen molar-refractivity contribution in [3.63, 3.8) is 0 Å². The largest absolute Gasteiger partial charge is 0.465 e. The monoisotopic (exact) mass is 160 g/mol. The van der Waals surface area contributed by atoms with Crippen molar-refractivity contribution >= 4 is 23.3 Å². The van der Waals surface area contributed by atoms with Crippen LogP contribution in [-0.4, -0.2) is 21.7 Å². The minimum atomic E-state index is -1.06. The van der Waals surface area contributed by atoms with Crippen molar-refractivity contribution in [1.82, 2.24) is 5.32 Å². The lowest BCUT2D eigenvalue weighted by atomic mass is 10.3. The number of nitrogens with one attached hydrogen (secondary N) is 1. The normalized spacial score (nSPS) is 19.6. The predicted octanol–water partition coefficient (Wildman–Crippen LogP) is 0.0727. The number of amides is 1. The SMILES string of the molecule is NC(=S)C1(NC(=O)O)CC1. The molecule has 0 aromatic carbocycles. The number of rotatable bonds is 2. The zero-order chi connectivity index (χ0) is 7.78. The lowest BCUT2D eigenvalue weighted by Gasteiger charge is -2.11. The van der Waals surface area contributed by atoms with Gasteiger partial charge in [-0.25, -0.2) is 4.79 Å². The van der Waals surface area contributed by atoms with Gasteiger partial charge in [0.15, 0.2) is 0 Å². The molecular formula is C5H8N2O2S. The molecule has 0 saturated heterocycles. The molecule has 0 bridgehead atoms. The first-order valence-corrected chi connectivity index (χ1v) is 3.29. The van der Waals surface area contributed by atoms with E-state index in [1.54, 1.807) is 0 Å². The number of hydrogen-bond donors (Lipinski definition) is 3. The second-order valence-corrected chi connectivity index (χ2v) is 2.82. The minimum absolute atomic E-state index is 0.245. The first kappa shape index (κ1) is 7.27. The molecule has 1 saturated carbocycles. The first-order valence-electron chi connectivity index (χ1n) is 2.88. The van der Waals surface area contributed by atoms with Crippen molar-refractivity contribution in [3.8, 4) is 0 Å². The van der Waals surface area contributed by atoms with Gasteiger partial charge in [-0.05, 0) is 12.8 Å². The summed E-state index contributed by atoms with van der Waals surface area (Å²) in [6.45, 7) is 0. The molecule has 0 unspecified atom stereocenters. The van der Waals surface area contributed by atoms with Crippen LogP contribution in [0.5, 0.6) is 0 Å². The Balaban J connectivity index is 2.53. The first-order chi connectivity index (χ1) is 4.57. The van der Waals surface area contributed by atoms with E-state index >= 15 is 0 Å². The maximum atomic E-state index is 10.1. The Morgan fingerprint density at radius 1 is 1.70 bits per heavy atom. The van der Waals surface area contributed by atoms with Gasteiger partial charge < -0.3 is 16.2 Å². The van der Waals surface area contributed by atoms with Crippen molar-refractivity contribution < 1.29 is 9.90 Å². The molecule has 0 atom stereocenters. The average molecular weight is 160 g/mol. The van der Waals surface area contributed by atoms with E-state index in [0.717, 1.165) is 12.8 Å². The molecule has 1 aliphatic carbocycles. The zero-order valence-electron chi connectivity index (χ0n) is 5.26. The van der Waals surface area contributed by atoms with E-state index in [4.69, 9.17) is 10.8 Å². The fraction of sp³-hybridized carbons (Fsp3) is 0.600. The Morgan fingerprint density at radius 2 is 2.20 bits per heavy atom. The lowest BCUT2D eigenvalue weighted by molar-refractivity contribution is 0.192. The molecule has 0 heterocycles. The third kappa shape index (κ3) is 1.18. The number of nitrogens with two attached hydrogens (primary N) is 1. The summed E-state index contributed by atoms with van der Waals surface area (Å²) in [4.78, 5) is 10.4. The Kier molecular flexibility index (Phi) is 1.52. The molecular weight excluding hydrogens is 152 g/mol. The fourth-order valence-corrected chi connectivity index (χ4v) is 1.02.